The predicted molar refractivity (Wildman–Crippen MR) is 78.1 cm³/mol. The van der Waals surface area contributed by atoms with E-state index in [2.05, 4.69) is 15.9 Å². The summed E-state index contributed by atoms with van der Waals surface area (Å²) in [6.07, 6.45) is 0. The van der Waals surface area contributed by atoms with E-state index in [4.69, 9.17) is 22.1 Å². The number of halogens is 4. The lowest BCUT2D eigenvalue weighted by molar-refractivity contribution is 0.404. The van der Waals surface area contributed by atoms with E-state index in [9.17, 15) is 8.78 Å². The van der Waals surface area contributed by atoms with Crippen LogP contribution in [0, 0.1) is 11.6 Å². The standard InChI is InChI=1S/C14H11BrClF2NO/c1-20-10-5-11(17)13(12(18)6-10)14(19)7-2-8(15)4-9(16)3-7/h2-6,14H,19H2,1H3. The van der Waals surface area contributed by atoms with Gasteiger partial charge in [0.05, 0.1) is 13.2 Å². The SMILES string of the molecule is COc1cc(F)c(C(N)c2cc(Cl)cc(Br)c2)c(F)c1. The summed E-state index contributed by atoms with van der Waals surface area (Å²) in [5.41, 5.74) is 6.23. The number of ether oxygens (including phenoxy) is 1. The fraction of sp³-hybridized carbons (Fsp3) is 0.143. The number of rotatable bonds is 3. The van der Waals surface area contributed by atoms with Gasteiger partial charge in [-0.2, -0.15) is 0 Å². The van der Waals surface area contributed by atoms with Crippen LogP contribution in [0.25, 0.3) is 0 Å². The number of benzene rings is 2. The smallest absolute Gasteiger partial charge is 0.134 e. The highest BCUT2D eigenvalue weighted by Crippen LogP contribution is 2.31. The van der Waals surface area contributed by atoms with Crippen molar-refractivity contribution in [1.82, 2.24) is 0 Å². The van der Waals surface area contributed by atoms with Crippen LogP contribution >= 0.6 is 27.5 Å². The monoisotopic (exact) mass is 361 g/mol. The Hall–Kier alpha value is -1.17. The van der Waals surface area contributed by atoms with Gasteiger partial charge in [0.25, 0.3) is 0 Å². The molecule has 0 saturated heterocycles. The quantitative estimate of drug-likeness (QED) is 0.876. The zero-order chi connectivity index (χ0) is 14.9. The largest absolute Gasteiger partial charge is 0.497 e. The maximum atomic E-state index is 14.0. The average molecular weight is 363 g/mol. The van der Waals surface area contributed by atoms with E-state index in [1.165, 1.54) is 7.11 Å². The Morgan fingerprint density at radius 1 is 1.15 bits per heavy atom. The van der Waals surface area contributed by atoms with Gasteiger partial charge in [-0.1, -0.05) is 27.5 Å². The summed E-state index contributed by atoms with van der Waals surface area (Å²) >= 11 is 9.18. The number of nitrogens with two attached hydrogens (primary N) is 1. The molecule has 0 saturated carbocycles. The Kier molecular flexibility index (Phi) is 4.62. The highest BCUT2D eigenvalue weighted by Gasteiger charge is 2.20. The average Bonchev–Trinajstić information content (AvgIpc) is 2.36. The van der Waals surface area contributed by atoms with E-state index < -0.39 is 17.7 Å². The molecule has 0 aliphatic rings. The lowest BCUT2D eigenvalue weighted by Gasteiger charge is -2.16. The van der Waals surface area contributed by atoms with Gasteiger partial charge in [-0.05, 0) is 23.8 Å². The van der Waals surface area contributed by atoms with Crippen molar-refractivity contribution < 1.29 is 13.5 Å². The number of hydrogen-bond donors (Lipinski definition) is 1. The third-order valence-electron chi connectivity index (χ3n) is 2.84. The molecule has 2 aromatic carbocycles. The van der Waals surface area contributed by atoms with E-state index in [1.54, 1.807) is 18.2 Å². The normalized spacial score (nSPS) is 12.3. The van der Waals surface area contributed by atoms with Crippen molar-refractivity contribution in [2.75, 3.05) is 7.11 Å². The molecule has 106 valence electrons. The summed E-state index contributed by atoms with van der Waals surface area (Å²) in [4.78, 5) is 0. The zero-order valence-corrected chi connectivity index (χ0v) is 12.8. The first-order valence-electron chi connectivity index (χ1n) is 5.67. The van der Waals surface area contributed by atoms with Crippen molar-refractivity contribution in [3.8, 4) is 5.75 Å². The van der Waals surface area contributed by atoms with Gasteiger partial charge in [0.15, 0.2) is 0 Å². The van der Waals surface area contributed by atoms with Crippen molar-refractivity contribution in [1.29, 1.82) is 0 Å². The number of methoxy groups -OCH3 is 1. The predicted octanol–water partition coefficient (Wildman–Crippen LogP) is 4.44. The molecule has 20 heavy (non-hydrogen) atoms. The zero-order valence-electron chi connectivity index (χ0n) is 10.5. The van der Waals surface area contributed by atoms with Crippen LogP contribution in [-0.2, 0) is 0 Å². The maximum absolute atomic E-state index is 14.0. The Bertz CT molecular complexity index is 608. The number of hydrogen-bond acceptors (Lipinski definition) is 2. The van der Waals surface area contributed by atoms with Crippen molar-refractivity contribution in [3.05, 3.63) is 62.6 Å². The van der Waals surface area contributed by atoms with Crippen LogP contribution in [0.5, 0.6) is 5.75 Å². The molecular weight excluding hydrogens is 352 g/mol. The second kappa shape index (κ2) is 6.08. The van der Waals surface area contributed by atoms with Crippen molar-refractivity contribution in [2.45, 2.75) is 6.04 Å². The van der Waals surface area contributed by atoms with Crippen LogP contribution in [0.1, 0.15) is 17.2 Å². The van der Waals surface area contributed by atoms with Crippen LogP contribution in [0.4, 0.5) is 8.78 Å². The van der Waals surface area contributed by atoms with E-state index >= 15 is 0 Å². The Morgan fingerprint density at radius 2 is 1.75 bits per heavy atom. The first-order valence-corrected chi connectivity index (χ1v) is 6.84. The van der Waals surface area contributed by atoms with Crippen molar-refractivity contribution >= 4 is 27.5 Å². The topological polar surface area (TPSA) is 35.2 Å². The van der Waals surface area contributed by atoms with Gasteiger partial charge in [-0.15, -0.1) is 0 Å². The van der Waals surface area contributed by atoms with Crippen molar-refractivity contribution in [3.63, 3.8) is 0 Å². The highest BCUT2D eigenvalue weighted by molar-refractivity contribution is 9.10. The molecule has 0 fully saturated rings. The summed E-state index contributed by atoms with van der Waals surface area (Å²) < 4.78 is 33.5. The Balaban J connectivity index is 2.50. The van der Waals surface area contributed by atoms with Gasteiger partial charge in [0.1, 0.15) is 17.4 Å². The first kappa shape index (κ1) is 15.2. The van der Waals surface area contributed by atoms with Gasteiger partial charge >= 0.3 is 0 Å². The summed E-state index contributed by atoms with van der Waals surface area (Å²) in [6.45, 7) is 0. The molecule has 0 spiro atoms. The maximum Gasteiger partial charge on any atom is 0.134 e. The molecule has 2 N–H and O–H groups in total. The molecule has 0 aromatic heterocycles. The second-order valence-corrected chi connectivity index (χ2v) is 5.54. The molecule has 6 heteroatoms. The third kappa shape index (κ3) is 3.11. The first-order chi connectivity index (χ1) is 9.42. The molecule has 1 atom stereocenters. The molecule has 0 radical (unpaired) electrons. The van der Waals surface area contributed by atoms with E-state index in [0.717, 1.165) is 12.1 Å². The lowest BCUT2D eigenvalue weighted by Crippen LogP contribution is -2.16. The van der Waals surface area contributed by atoms with Gasteiger partial charge < -0.3 is 10.5 Å². The van der Waals surface area contributed by atoms with Crippen LogP contribution in [0.2, 0.25) is 5.02 Å². The molecule has 2 aromatic rings. The van der Waals surface area contributed by atoms with Gasteiger partial charge in [-0.3, -0.25) is 0 Å². The molecular formula is C14H11BrClF2NO. The summed E-state index contributed by atoms with van der Waals surface area (Å²) in [5.74, 6) is -1.42. The highest BCUT2D eigenvalue weighted by atomic mass is 79.9. The van der Waals surface area contributed by atoms with E-state index in [0.29, 0.717) is 15.1 Å². The van der Waals surface area contributed by atoms with Gasteiger partial charge in [-0.25, -0.2) is 8.78 Å². The fourth-order valence-corrected chi connectivity index (χ4v) is 2.78. The van der Waals surface area contributed by atoms with Gasteiger partial charge in [0, 0.05) is 27.2 Å². The minimum atomic E-state index is -0.962. The third-order valence-corrected chi connectivity index (χ3v) is 3.52. The van der Waals surface area contributed by atoms with Crippen LogP contribution in [0.15, 0.2) is 34.8 Å². The molecule has 2 rings (SSSR count). The Morgan fingerprint density at radius 3 is 2.25 bits per heavy atom. The van der Waals surface area contributed by atoms with Crippen LogP contribution in [0.3, 0.4) is 0 Å². The minimum Gasteiger partial charge on any atom is -0.497 e. The van der Waals surface area contributed by atoms with Crippen LogP contribution in [-0.4, -0.2) is 7.11 Å². The molecule has 0 heterocycles. The van der Waals surface area contributed by atoms with Crippen molar-refractivity contribution in [2.24, 2.45) is 5.73 Å². The summed E-state index contributed by atoms with van der Waals surface area (Å²) in [6, 6.07) is 6.13. The molecule has 0 amide bonds. The van der Waals surface area contributed by atoms with E-state index in [-0.39, 0.29) is 11.3 Å². The summed E-state index contributed by atoms with van der Waals surface area (Å²) in [5, 5.41) is 0.430. The van der Waals surface area contributed by atoms with Gasteiger partial charge in [0.2, 0.25) is 0 Å². The molecule has 2 nitrogen and oxygen atoms in total. The second-order valence-electron chi connectivity index (χ2n) is 4.19. The fourth-order valence-electron chi connectivity index (χ4n) is 1.90. The van der Waals surface area contributed by atoms with E-state index in [1.807, 2.05) is 0 Å². The molecule has 1 unspecified atom stereocenters. The van der Waals surface area contributed by atoms with Crippen LogP contribution < -0.4 is 10.5 Å². The summed E-state index contributed by atoms with van der Waals surface area (Å²) in [7, 11) is 1.34. The molecule has 0 aliphatic carbocycles. The molecule has 0 bridgehead atoms. The Labute approximate surface area is 128 Å². The minimum absolute atomic E-state index is 0.100. The molecule has 0 aliphatic heterocycles. The lowest BCUT2D eigenvalue weighted by atomic mass is 9.98.